The average Bonchev–Trinajstić information content (AvgIpc) is 3.43. The van der Waals surface area contributed by atoms with Crippen LogP contribution in [0, 0.1) is 11.8 Å². The molecule has 5 atom stereocenters. The number of aliphatic hydroxyl groups excluding tert-OH is 1. The van der Waals surface area contributed by atoms with Crippen LogP contribution < -0.4 is 14.2 Å². The second kappa shape index (κ2) is 9.71. The summed E-state index contributed by atoms with van der Waals surface area (Å²) in [4.78, 5) is 13.2. The highest BCUT2D eigenvalue weighted by Crippen LogP contribution is 2.47. The first-order chi connectivity index (χ1) is 15.1. The van der Waals surface area contributed by atoms with Crippen molar-refractivity contribution < 1.29 is 33.6 Å². The third kappa shape index (κ3) is 4.89. The Morgan fingerprint density at radius 3 is 2.31 bits per heavy atom. The topological polar surface area (TPSA) is 86.8 Å². The molecule has 3 rings (SSSR count). The fraction of sp³-hybridized carbons (Fsp3) is 0.640. The molecule has 0 bridgehead atoms. The van der Waals surface area contributed by atoms with E-state index in [-0.39, 0.29) is 23.5 Å². The fourth-order valence-electron chi connectivity index (χ4n) is 4.80. The summed E-state index contributed by atoms with van der Waals surface area (Å²) in [6, 6.07) is 3.16. The van der Waals surface area contributed by atoms with Gasteiger partial charge >= 0.3 is 5.97 Å². The predicted molar refractivity (Wildman–Crippen MR) is 121 cm³/mol. The van der Waals surface area contributed by atoms with E-state index >= 15 is 0 Å². The lowest BCUT2D eigenvalue weighted by Crippen LogP contribution is -2.43. The molecule has 1 N–H and O–H groups in total. The number of ether oxygens (including phenoxy) is 5. The Labute approximate surface area is 190 Å². The number of epoxide rings is 1. The average molecular weight is 449 g/mol. The Morgan fingerprint density at radius 1 is 1.16 bits per heavy atom. The SMILES string of the molecule is COc1cc(C(=O)O[C@H]2C/C(C)=C/CC[C@@]3(C)O[C@@H]3[C@H](O)[C@@H]2C(C)C)cc(OC)c1OC. The third-order valence-corrected chi connectivity index (χ3v) is 6.66. The number of aliphatic hydroxyl groups is 1. The summed E-state index contributed by atoms with van der Waals surface area (Å²) in [5.41, 5.74) is 1.10. The molecular formula is C25H36O7. The van der Waals surface area contributed by atoms with E-state index in [1.807, 2.05) is 27.7 Å². The summed E-state index contributed by atoms with van der Waals surface area (Å²) in [5, 5.41) is 11.2. The van der Waals surface area contributed by atoms with E-state index in [2.05, 4.69) is 6.08 Å². The number of hydrogen-bond acceptors (Lipinski definition) is 7. The van der Waals surface area contributed by atoms with Gasteiger partial charge in [-0.25, -0.2) is 4.79 Å². The van der Waals surface area contributed by atoms with Crippen LogP contribution in [0.2, 0.25) is 0 Å². The molecule has 0 radical (unpaired) electrons. The maximum absolute atomic E-state index is 13.2. The molecule has 2 aliphatic rings. The molecule has 32 heavy (non-hydrogen) atoms. The van der Waals surface area contributed by atoms with Crippen LogP contribution in [0.4, 0.5) is 0 Å². The van der Waals surface area contributed by atoms with Crippen molar-refractivity contribution >= 4 is 5.97 Å². The smallest absolute Gasteiger partial charge is 0.338 e. The van der Waals surface area contributed by atoms with Gasteiger partial charge in [-0.2, -0.15) is 0 Å². The van der Waals surface area contributed by atoms with Crippen LogP contribution in [0.3, 0.4) is 0 Å². The van der Waals surface area contributed by atoms with Crippen LogP contribution in [-0.4, -0.2) is 56.3 Å². The Balaban J connectivity index is 1.93. The summed E-state index contributed by atoms with van der Waals surface area (Å²) in [5.74, 6) is 0.477. The molecule has 0 unspecified atom stereocenters. The first-order valence-electron chi connectivity index (χ1n) is 11.2. The van der Waals surface area contributed by atoms with Crippen molar-refractivity contribution in [1.29, 1.82) is 0 Å². The van der Waals surface area contributed by atoms with Crippen LogP contribution in [0.5, 0.6) is 17.2 Å². The van der Waals surface area contributed by atoms with Crippen molar-refractivity contribution in [2.24, 2.45) is 11.8 Å². The lowest BCUT2D eigenvalue weighted by Gasteiger charge is -2.34. The molecule has 1 saturated heterocycles. The number of carbonyl (C=O) groups excluding carboxylic acids is 1. The molecule has 1 aliphatic heterocycles. The highest BCUT2D eigenvalue weighted by atomic mass is 16.6. The lowest BCUT2D eigenvalue weighted by molar-refractivity contribution is -0.0419. The zero-order chi connectivity index (χ0) is 23.6. The van der Waals surface area contributed by atoms with Gasteiger partial charge in [-0.3, -0.25) is 0 Å². The van der Waals surface area contributed by atoms with Gasteiger partial charge in [-0.05, 0) is 44.7 Å². The molecule has 7 heteroatoms. The molecule has 1 aromatic carbocycles. The Hall–Kier alpha value is -2.25. The number of allylic oxidation sites excluding steroid dienone is 1. The number of fused-ring (bicyclic) bond motifs is 1. The van der Waals surface area contributed by atoms with Crippen LogP contribution in [0.25, 0.3) is 0 Å². The number of carbonyl (C=O) groups is 1. The second-order valence-corrected chi connectivity index (χ2v) is 9.31. The minimum absolute atomic E-state index is 0.0865. The van der Waals surface area contributed by atoms with E-state index in [0.29, 0.717) is 29.2 Å². The van der Waals surface area contributed by atoms with Crippen molar-refractivity contribution in [1.82, 2.24) is 0 Å². The van der Waals surface area contributed by atoms with Crippen molar-refractivity contribution in [2.45, 2.75) is 70.9 Å². The fourth-order valence-corrected chi connectivity index (χ4v) is 4.80. The number of esters is 1. The predicted octanol–water partition coefficient (Wildman–Crippen LogP) is 4.16. The molecule has 178 valence electrons. The number of hydrogen-bond donors (Lipinski definition) is 1. The Morgan fingerprint density at radius 2 is 1.78 bits per heavy atom. The molecule has 0 saturated carbocycles. The highest BCUT2D eigenvalue weighted by molar-refractivity contribution is 5.91. The zero-order valence-corrected chi connectivity index (χ0v) is 20.1. The summed E-state index contributed by atoms with van der Waals surface area (Å²) in [6.07, 6.45) is 3.00. The van der Waals surface area contributed by atoms with Gasteiger partial charge in [0.15, 0.2) is 11.5 Å². The molecule has 7 nitrogen and oxygen atoms in total. The van der Waals surface area contributed by atoms with E-state index in [4.69, 9.17) is 23.7 Å². The Kier molecular flexibility index (Phi) is 7.40. The first kappa shape index (κ1) is 24.4. The number of rotatable bonds is 6. The largest absolute Gasteiger partial charge is 0.493 e. The molecule has 1 fully saturated rings. The first-order valence-corrected chi connectivity index (χ1v) is 11.2. The monoisotopic (exact) mass is 448 g/mol. The molecule has 1 heterocycles. The Bertz CT molecular complexity index is 837. The van der Waals surface area contributed by atoms with E-state index in [1.54, 1.807) is 12.1 Å². The van der Waals surface area contributed by atoms with Crippen LogP contribution in [0.1, 0.15) is 57.3 Å². The summed E-state index contributed by atoms with van der Waals surface area (Å²) in [7, 11) is 4.51. The normalized spacial score (nSPS) is 31.7. The molecule has 0 amide bonds. The summed E-state index contributed by atoms with van der Waals surface area (Å²) in [6.45, 7) is 8.16. The van der Waals surface area contributed by atoms with Crippen LogP contribution in [0.15, 0.2) is 23.8 Å². The minimum Gasteiger partial charge on any atom is -0.493 e. The van der Waals surface area contributed by atoms with E-state index in [1.165, 1.54) is 21.3 Å². The van der Waals surface area contributed by atoms with Crippen molar-refractivity contribution in [3.05, 3.63) is 29.3 Å². The second-order valence-electron chi connectivity index (χ2n) is 9.31. The van der Waals surface area contributed by atoms with Crippen LogP contribution >= 0.6 is 0 Å². The maximum Gasteiger partial charge on any atom is 0.338 e. The molecular weight excluding hydrogens is 412 g/mol. The van der Waals surface area contributed by atoms with E-state index < -0.39 is 18.2 Å². The standard InChI is InChI=1S/C25H36O7/c1-14(2)20-17(11-15(3)9-8-10-25(4)23(32-25)21(20)26)31-24(27)16-12-18(28-5)22(30-7)19(13-16)29-6/h9,12-14,17,20-21,23,26H,8,10-11H2,1-7H3/b15-9+/t17-,20+,21+,23+,25+/m0/s1. The van der Waals surface area contributed by atoms with Gasteiger partial charge in [-0.15, -0.1) is 0 Å². The lowest BCUT2D eigenvalue weighted by atomic mass is 9.78. The third-order valence-electron chi connectivity index (χ3n) is 6.66. The van der Waals surface area contributed by atoms with Crippen molar-refractivity contribution in [3.8, 4) is 17.2 Å². The summed E-state index contributed by atoms with van der Waals surface area (Å²) >= 11 is 0. The van der Waals surface area contributed by atoms with Gasteiger partial charge < -0.3 is 28.8 Å². The molecule has 0 spiro atoms. The number of benzene rings is 1. The quantitative estimate of drug-likeness (QED) is 0.397. The summed E-state index contributed by atoms with van der Waals surface area (Å²) < 4.78 is 28.1. The molecule has 0 aromatic heterocycles. The number of methoxy groups -OCH3 is 3. The van der Waals surface area contributed by atoms with E-state index in [0.717, 1.165) is 18.4 Å². The van der Waals surface area contributed by atoms with Gasteiger partial charge in [0.1, 0.15) is 12.2 Å². The van der Waals surface area contributed by atoms with Gasteiger partial charge in [-0.1, -0.05) is 25.5 Å². The van der Waals surface area contributed by atoms with Gasteiger partial charge in [0.25, 0.3) is 0 Å². The van der Waals surface area contributed by atoms with Gasteiger partial charge in [0, 0.05) is 12.3 Å². The van der Waals surface area contributed by atoms with Crippen molar-refractivity contribution in [2.75, 3.05) is 21.3 Å². The van der Waals surface area contributed by atoms with E-state index in [9.17, 15) is 9.90 Å². The van der Waals surface area contributed by atoms with Gasteiger partial charge in [0.2, 0.25) is 5.75 Å². The molecule has 1 aromatic rings. The van der Waals surface area contributed by atoms with Gasteiger partial charge in [0.05, 0.1) is 38.6 Å². The molecule has 1 aliphatic carbocycles. The minimum atomic E-state index is -0.719. The zero-order valence-electron chi connectivity index (χ0n) is 20.1. The maximum atomic E-state index is 13.2. The van der Waals surface area contributed by atoms with Crippen molar-refractivity contribution in [3.63, 3.8) is 0 Å². The highest BCUT2D eigenvalue weighted by Gasteiger charge is 2.58. The van der Waals surface area contributed by atoms with Crippen LogP contribution in [-0.2, 0) is 9.47 Å².